The van der Waals surface area contributed by atoms with Crippen molar-refractivity contribution in [1.29, 1.82) is 0 Å². The Morgan fingerprint density at radius 1 is 1.40 bits per heavy atom. The molecule has 0 atom stereocenters. The van der Waals surface area contributed by atoms with Gasteiger partial charge in [0, 0.05) is 0 Å². The van der Waals surface area contributed by atoms with Crippen molar-refractivity contribution in [2.45, 2.75) is 0 Å². The normalized spacial score (nSPS) is 9.87. The van der Waals surface area contributed by atoms with E-state index in [0.29, 0.717) is 11.4 Å². The maximum atomic E-state index is 10.5. The number of rotatable bonds is 2. The average molecular weight is 204 g/mol. The maximum Gasteiger partial charge on any atom is 0.409 e. The van der Waals surface area contributed by atoms with E-state index in [9.17, 15) is 4.79 Å². The Balaban J connectivity index is 2.42. The molecule has 2 aromatic rings. The molecule has 1 aromatic carbocycles. The lowest BCUT2D eigenvalue weighted by Crippen LogP contribution is -2.10. The lowest BCUT2D eigenvalue weighted by Gasteiger charge is -2.07. The van der Waals surface area contributed by atoms with Crippen molar-refractivity contribution >= 4 is 11.8 Å². The molecule has 0 saturated carbocycles. The molecule has 76 valence electrons. The van der Waals surface area contributed by atoms with Crippen LogP contribution in [-0.2, 0) is 0 Å². The van der Waals surface area contributed by atoms with E-state index in [1.54, 1.807) is 30.5 Å². The number of nitrogens with one attached hydrogen (secondary N) is 1. The third-order valence-electron chi connectivity index (χ3n) is 1.82. The van der Waals surface area contributed by atoms with E-state index in [2.05, 4.69) is 15.6 Å². The van der Waals surface area contributed by atoms with Gasteiger partial charge in [0.1, 0.15) is 0 Å². The highest BCUT2D eigenvalue weighted by Gasteiger charge is 2.06. The van der Waals surface area contributed by atoms with Crippen LogP contribution < -0.4 is 5.32 Å². The summed E-state index contributed by atoms with van der Waals surface area (Å²) < 4.78 is 1.49. The fourth-order valence-electron chi connectivity index (χ4n) is 1.23. The minimum Gasteiger partial charge on any atom is -0.465 e. The van der Waals surface area contributed by atoms with Crippen molar-refractivity contribution in [1.82, 2.24) is 15.0 Å². The van der Waals surface area contributed by atoms with Gasteiger partial charge in [0.05, 0.1) is 23.8 Å². The smallest absolute Gasteiger partial charge is 0.409 e. The van der Waals surface area contributed by atoms with Gasteiger partial charge in [-0.25, -0.2) is 9.48 Å². The minimum absolute atomic E-state index is 0.468. The van der Waals surface area contributed by atoms with Gasteiger partial charge in [-0.3, -0.25) is 5.32 Å². The van der Waals surface area contributed by atoms with Crippen LogP contribution in [0.3, 0.4) is 0 Å². The number of carboxylic acid groups (broad SMARTS) is 1. The summed E-state index contributed by atoms with van der Waals surface area (Å²) in [5.41, 5.74) is 1.10. The van der Waals surface area contributed by atoms with Crippen molar-refractivity contribution in [3.63, 3.8) is 0 Å². The standard InChI is InChI=1S/C9H8N4O2/c14-9(15)11-7-3-1-2-4-8(7)13-6-5-10-12-13/h1-6,11H,(H,14,15). The second kappa shape index (κ2) is 3.79. The number of benzene rings is 1. The summed E-state index contributed by atoms with van der Waals surface area (Å²) in [5, 5.41) is 18.4. The van der Waals surface area contributed by atoms with Gasteiger partial charge < -0.3 is 5.11 Å². The molecule has 0 aliphatic heterocycles. The van der Waals surface area contributed by atoms with Crippen LogP contribution in [-0.4, -0.2) is 26.2 Å². The topological polar surface area (TPSA) is 80.0 Å². The molecule has 0 fully saturated rings. The fraction of sp³-hybridized carbons (Fsp3) is 0. The predicted molar refractivity (Wildman–Crippen MR) is 53.0 cm³/mol. The number of nitrogens with zero attached hydrogens (tertiary/aromatic N) is 3. The highest BCUT2D eigenvalue weighted by molar-refractivity contribution is 5.85. The zero-order valence-corrected chi connectivity index (χ0v) is 7.66. The molecular formula is C9H8N4O2. The summed E-state index contributed by atoms with van der Waals surface area (Å²) in [4.78, 5) is 10.5. The second-order valence-electron chi connectivity index (χ2n) is 2.79. The van der Waals surface area contributed by atoms with Crippen LogP contribution in [0.4, 0.5) is 10.5 Å². The molecule has 0 bridgehead atoms. The molecular weight excluding hydrogens is 196 g/mol. The van der Waals surface area contributed by atoms with Crippen LogP contribution in [0.15, 0.2) is 36.7 Å². The van der Waals surface area contributed by atoms with E-state index in [0.717, 1.165) is 0 Å². The maximum absolute atomic E-state index is 10.5. The molecule has 2 rings (SSSR count). The van der Waals surface area contributed by atoms with Crippen LogP contribution in [0.2, 0.25) is 0 Å². The Morgan fingerprint density at radius 2 is 2.20 bits per heavy atom. The van der Waals surface area contributed by atoms with Gasteiger partial charge in [0.25, 0.3) is 0 Å². The first kappa shape index (κ1) is 9.20. The number of hydrogen-bond acceptors (Lipinski definition) is 3. The molecule has 1 amide bonds. The highest BCUT2D eigenvalue weighted by Crippen LogP contribution is 2.18. The SMILES string of the molecule is O=C(O)Nc1ccccc1-n1ccnn1. The Kier molecular flexibility index (Phi) is 2.32. The van der Waals surface area contributed by atoms with Gasteiger partial charge >= 0.3 is 6.09 Å². The molecule has 1 aromatic heterocycles. The van der Waals surface area contributed by atoms with Crippen molar-refractivity contribution in [3.05, 3.63) is 36.7 Å². The lowest BCUT2D eigenvalue weighted by molar-refractivity contribution is 0.209. The van der Waals surface area contributed by atoms with Gasteiger partial charge in [0.15, 0.2) is 0 Å². The summed E-state index contributed by atoms with van der Waals surface area (Å²) >= 11 is 0. The van der Waals surface area contributed by atoms with Crippen LogP contribution in [0.25, 0.3) is 5.69 Å². The Morgan fingerprint density at radius 3 is 2.87 bits per heavy atom. The number of aromatic nitrogens is 3. The number of amides is 1. The van der Waals surface area contributed by atoms with E-state index >= 15 is 0 Å². The summed E-state index contributed by atoms with van der Waals surface area (Å²) in [6.45, 7) is 0. The number of para-hydroxylation sites is 2. The van der Waals surface area contributed by atoms with Crippen molar-refractivity contribution in [2.24, 2.45) is 0 Å². The Hall–Kier alpha value is -2.37. The summed E-state index contributed by atoms with van der Waals surface area (Å²) in [5.74, 6) is 0. The number of hydrogen-bond donors (Lipinski definition) is 2. The van der Waals surface area contributed by atoms with Gasteiger partial charge in [-0.15, -0.1) is 5.10 Å². The molecule has 0 radical (unpaired) electrons. The van der Waals surface area contributed by atoms with Gasteiger partial charge in [0.2, 0.25) is 0 Å². The third-order valence-corrected chi connectivity index (χ3v) is 1.82. The molecule has 0 aliphatic rings. The number of anilines is 1. The van der Waals surface area contributed by atoms with Crippen LogP contribution in [0, 0.1) is 0 Å². The average Bonchev–Trinajstić information content (AvgIpc) is 2.70. The van der Waals surface area contributed by atoms with Gasteiger partial charge in [-0.05, 0) is 12.1 Å². The van der Waals surface area contributed by atoms with Gasteiger partial charge in [-0.2, -0.15) is 0 Å². The van der Waals surface area contributed by atoms with Crippen molar-refractivity contribution in [2.75, 3.05) is 5.32 Å². The zero-order valence-electron chi connectivity index (χ0n) is 7.66. The monoisotopic (exact) mass is 204 g/mol. The molecule has 0 aliphatic carbocycles. The summed E-state index contributed by atoms with van der Waals surface area (Å²) in [6, 6.07) is 6.95. The molecule has 2 N–H and O–H groups in total. The van der Waals surface area contributed by atoms with Crippen LogP contribution in [0.1, 0.15) is 0 Å². The molecule has 6 heteroatoms. The predicted octanol–water partition coefficient (Wildman–Crippen LogP) is 1.36. The fourth-order valence-corrected chi connectivity index (χ4v) is 1.23. The summed E-state index contributed by atoms with van der Waals surface area (Å²) in [6.07, 6.45) is 2.06. The zero-order chi connectivity index (χ0) is 10.7. The second-order valence-corrected chi connectivity index (χ2v) is 2.79. The highest BCUT2D eigenvalue weighted by atomic mass is 16.4. The molecule has 0 spiro atoms. The first-order chi connectivity index (χ1) is 7.27. The third kappa shape index (κ3) is 1.93. The van der Waals surface area contributed by atoms with E-state index in [1.807, 2.05) is 0 Å². The van der Waals surface area contributed by atoms with Gasteiger partial charge in [-0.1, -0.05) is 17.3 Å². The van der Waals surface area contributed by atoms with E-state index < -0.39 is 6.09 Å². The largest absolute Gasteiger partial charge is 0.465 e. The van der Waals surface area contributed by atoms with Crippen molar-refractivity contribution in [3.8, 4) is 5.69 Å². The Labute approximate surface area is 85.2 Å². The minimum atomic E-state index is -1.11. The first-order valence-corrected chi connectivity index (χ1v) is 4.23. The Bertz CT molecular complexity index is 467. The first-order valence-electron chi connectivity index (χ1n) is 4.23. The quantitative estimate of drug-likeness (QED) is 0.773. The van der Waals surface area contributed by atoms with Crippen LogP contribution in [0.5, 0.6) is 0 Å². The summed E-state index contributed by atoms with van der Waals surface area (Å²) in [7, 11) is 0. The molecule has 1 heterocycles. The molecule has 6 nitrogen and oxygen atoms in total. The van der Waals surface area contributed by atoms with E-state index in [4.69, 9.17) is 5.11 Å². The molecule has 15 heavy (non-hydrogen) atoms. The van der Waals surface area contributed by atoms with Crippen LogP contribution >= 0.6 is 0 Å². The molecule has 0 unspecified atom stereocenters. The van der Waals surface area contributed by atoms with E-state index in [1.165, 1.54) is 10.9 Å². The lowest BCUT2D eigenvalue weighted by atomic mass is 10.2. The van der Waals surface area contributed by atoms with E-state index in [-0.39, 0.29) is 0 Å². The number of carbonyl (C=O) groups is 1. The molecule has 0 saturated heterocycles. The van der Waals surface area contributed by atoms with Crippen molar-refractivity contribution < 1.29 is 9.90 Å².